The van der Waals surface area contributed by atoms with Crippen molar-refractivity contribution < 1.29 is 8.85 Å². The van der Waals surface area contributed by atoms with Gasteiger partial charge < -0.3 is 10.5 Å². The number of benzene rings is 1. The molecule has 1 aromatic carbocycles. The van der Waals surface area contributed by atoms with Gasteiger partial charge in [-0.25, -0.2) is 0 Å². The normalized spacial score (nSPS) is 15.1. The minimum absolute atomic E-state index is 0.331. The minimum atomic E-state index is -2.38. The summed E-state index contributed by atoms with van der Waals surface area (Å²) in [5.41, 5.74) is 6.32. The fraction of sp³-hybridized carbons (Fsp3) is 0.250. The van der Waals surface area contributed by atoms with Crippen LogP contribution < -0.4 is 10.5 Å². The third kappa shape index (κ3) is 1.48. The lowest BCUT2D eigenvalue weighted by Gasteiger charge is -1.99. The van der Waals surface area contributed by atoms with Gasteiger partial charge >= 0.3 is 0 Å². The molecule has 1 aromatic rings. The average Bonchev–Trinajstić information content (AvgIpc) is 2.03. The molecule has 0 heterocycles. The first-order valence-electron chi connectivity index (χ1n) is 4.49. The molecule has 54 valence electrons. The molecule has 2 N–H and O–H groups in total. The number of methoxy groups -OCH3 is 1. The Morgan fingerprint density at radius 3 is 2.70 bits per heavy atom. The molecule has 0 radical (unpaired) electrons. The lowest BCUT2D eigenvalue weighted by atomic mass is 10.2. The zero-order chi connectivity index (χ0) is 9.90. The van der Waals surface area contributed by atoms with Gasteiger partial charge in [0.25, 0.3) is 0 Å². The van der Waals surface area contributed by atoms with Crippen molar-refractivity contribution in [2.75, 3.05) is 7.04 Å². The Balaban J connectivity index is 2.70. The van der Waals surface area contributed by atoms with E-state index in [2.05, 4.69) is 4.74 Å². The number of rotatable bonds is 2. The maximum absolute atomic E-state index is 6.85. The lowest BCUT2D eigenvalue weighted by Crippen LogP contribution is -1.95. The van der Waals surface area contributed by atoms with Gasteiger partial charge in [-0.3, -0.25) is 0 Å². The van der Waals surface area contributed by atoms with Crippen LogP contribution in [0.25, 0.3) is 0 Å². The van der Waals surface area contributed by atoms with Crippen molar-refractivity contribution in [2.24, 2.45) is 5.73 Å². The molecule has 2 heteroatoms. The monoisotopic (exact) mass is 140 g/mol. The minimum Gasteiger partial charge on any atom is -0.497 e. The third-order valence-corrected chi connectivity index (χ3v) is 1.28. The Hall–Kier alpha value is -1.02. The Labute approximate surface area is 64.8 Å². The molecule has 1 rings (SSSR count). The van der Waals surface area contributed by atoms with Crippen LogP contribution in [0, 0.1) is 0 Å². The summed E-state index contributed by atoms with van der Waals surface area (Å²) in [4.78, 5) is 0. The molecule has 10 heavy (non-hydrogen) atoms. The second kappa shape index (κ2) is 3.22. The second-order valence-electron chi connectivity index (χ2n) is 1.95. The van der Waals surface area contributed by atoms with Gasteiger partial charge in [0.05, 0.1) is 11.2 Å². The van der Waals surface area contributed by atoms with E-state index in [1.165, 1.54) is 0 Å². The highest BCUT2D eigenvalue weighted by Crippen LogP contribution is 2.09. The molecule has 0 spiro atoms. The van der Waals surface area contributed by atoms with Crippen LogP contribution in [0.4, 0.5) is 0 Å². The Kier molecular flexibility index (Phi) is 1.28. The largest absolute Gasteiger partial charge is 0.497 e. The second-order valence-corrected chi connectivity index (χ2v) is 1.95. The van der Waals surface area contributed by atoms with Crippen molar-refractivity contribution in [1.82, 2.24) is 0 Å². The molecule has 0 aliphatic rings. The predicted octanol–water partition coefficient (Wildman–Crippen LogP) is 1.15. The van der Waals surface area contributed by atoms with E-state index in [-0.39, 0.29) is 0 Å². The molecule has 0 saturated carbocycles. The Morgan fingerprint density at radius 1 is 1.50 bits per heavy atom. The Morgan fingerprint density at radius 2 is 2.20 bits per heavy atom. The molecule has 0 unspecified atom stereocenters. The quantitative estimate of drug-likeness (QED) is 0.669. The summed E-state index contributed by atoms with van der Waals surface area (Å²) in [6, 6.07) is 6.66. The average molecular weight is 140 g/mol. The predicted molar refractivity (Wildman–Crippen MR) is 40.9 cm³/mol. The highest BCUT2D eigenvalue weighted by molar-refractivity contribution is 5.26. The number of hydrogen-bond donors (Lipinski definition) is 1. The van der Waals surface area contributed by atoms with E-state index in [0.717, 1.165) is 5.56 Å². The van der Waals surface area contributed by atoms with Gasteiger partial charge in [0.15, 0.2) is 0 Å². The summed E-state index contributed by atoms with van der Waals surface area (Å²) in [6.45, 7) is 0.439. The van der Waals surface area contributed by atoms with E-state index in [1.54, 1.807) is 24.3 Å². The third-order valence-electron chi connectivity index (χ3n) is 1.28. The fourth-order valence-electron chi connectivity index (χ4n) is 0.694. The fourth-order valence-corrected chi connectivity index (χ4v) is 0.694. The van der Waals surface area contributed by atoms with E-state index >= 15 is 0 Å². The number of ether oxygens (including phenoxy) is 1. The molecule has 0 atom stereocenters. The lowest BCUT2D eigenvalue weighted by molar-refractivity contribution is 0.414. The summed E-state index contributed by atoms with van der Waals surface area (Å²) in [7, 11) is -2.38. The standard InChI is InChI=1S/C8H11NO/c1-10-8-4-2-7(6-9)3-5-8/h2-5H,6,9H2,1H3/i1D3. The summed E-state index contributed by atoms with van der Waals surface area (Å²) < 4.78 is 25.2. The van der Waals surface area contributed by atoms with Crippen LogP contribution in [-0.2, 0) is 6.54 Å². The van der Waals surface area contributed by atoms with Gasteiger partial charge in [0.1, 0.15) is 5.75 Å². The summed E-state index contributed by atoms with van der Waals surface area (Å²) in [5, 5.41) is 0. The van der Waals surface area contributed by atoms with Crippen LogP contribution in [0.15, 0.2) is 24.3 Å². The molecule has 0 bridgehead atoms. The van der Waals surface area contributed by atoms with Crippen LogP contribution in [-0.4, -0.2) is 7.04 Å². The highest BCUT2D eigenvalue weighted by atomic mass is 16.5. The zero-order valence-electron chi connectivity index (χ0n) is 8.50. The highest BCUT2D eigenvalue weighted by Gasteiger charge is 1.89. The van der Waals surface area contributed by atoms with Crippen LogP contribution in [0.1, 0.15) is 9.68 Å². The Bertz CT molecular complexity index is 268. The SMILES string of the molecule is [2H]C([2H])([2H])Oc1ccc(CN)cc1. The number of hydrogen-bond acceptors (Lipinski definition) is 2. The van der Waals surface area contributed by atoms with Gasteiger partial charge in [0.2, 0.25) is 0 Å². The van der Waals surface area contributed by atoms with Crippen molar-refractivity contribution >= 4 is 0 Å². The van der Waals surface area contributed by atoms with E-state index in [9.17, 15) is 0 Å². The molecular formula is C8H11NO. The van der Waals surface area contributed by atoms with E-state index in [4.69, 9.17) is 9.85 Å². The molecule has 0 fully saturated rings. The summed E-state index contributed by atoms with van der Waals surface area (Å²) >= 11 is 0. The molecular weight excluding hydrogens is 126 g/mol. The number of nitrogens with two attached hydrogens (primary N) is 1. The maximum atomic E-state index is 6.85. The molecule has 0 aliphatic carbocycles. The van der Waals surface area contributed by atoms with Gasteiger partial charge in [0, 0.05) is 6.54 Å². The molecule has 0 aromatic heterocycles. The summed E-state index contributed by atoms with van der Waals surface area (Å²) in [6.07, 6.45) is 0. The first kappa shape index (κ1) is 3.98. The van der Waals surface area contributed by atoms with Crippen LogP contribution >= 0.6 is 0 Å². The smallest absolute Gasteiger partial charge is 0.118 e. The van der Waals surface area contributed by atoms with E-state index < -0.39 is 7.04 Å². The van der Waals surface area contributed by atoms with Crippen LogP contribution in [0.3, 0.4) is 0 Å². The van der Waals surface area contributed by atoms with Gasteiger partial charge in [-0.1, -0.05) is 12.1 Å². The summed E-state index contributed by atoms with van der Waals surface area (Å²) in [5.74, 6) is 0.331. The van der Waals surface area contributed by atoms with Crippen molar-refractivity contribution in [1.29, 1.82) is 0 Å². The first-order valence-corrected chi connectivity index (χ1v) is 2.99. The van der Waals surface area contributed by atoms with Crippen molar-refractivity contribution in [3.05, 3.63) is 29.8 Å². The molecule has 2 nitrogen and oxygen atoms in total. The van der Waals surface area contributed by atoms with E-state index in [1.807, 2.05) is 0 Å². The van der Waals surface area contributed by atoms with E-state index in [0.29, 0.717) is 12.3 Å². The van der Waals surface area contributed by atoms with Crippen molar-refractivity contribution in [3.8, 4) is 5.75 Å². The molecule has 0 saturated heterocycles. The van der Waals surface area contributed by atoms with Crippen molar-refractivity contribution in [2.45, 2.75) is 6.54 Å². The zero-order valence-corrected chi connectivity index (χ0v) is 5.50. The first-order chi connectivity index (χ1) is 6.01. The van der Waals surface area contributed by atoms with Gasteiger partial charge in [-0.15, -0.1) is 0 Å². The van der Waals surface area contributed by atoms with Gasteiger partial charge in [-0.2, -0.15) is 0 Å². The maximum Gasteiger partial charge on any atom is 0.118 e. The topological polar surface area (TPSA) is 35.2 Å². The van der Waals surface area contributed by atoms with Crippen molar-refractivity contribution in [3.63, 3.8) is 0 Å². The van der Waals surface area contributed by atoms with Crippen LogP contribution in [0.5, 0.6) is 5.75 Å². The van der Waals surface area contributed by atoms with Crippen LogP contribution in [0.2, 0.25) is 0 Å². The molecule has 0 amide bonds. The van der Waals surface area contributed by atoms with Gasteiger partial charge in [-0.05, 0) is 17.7 Å². The molecule has 0 aliphatic heterocycles.